The highest BCUT2D eigenvalue weighted by Gasteiger charge is 2.23. The largest absolute Gasteiger partial charge is 0.462 e. The zero-order valence-electron chi connectivity index (χ0n) is 16.2. The van der Waals surface area contributed by atoms with Crippen LogP contribution >= 0.6 is 0 Å². The predicted molar refractivity (Wildman–Crippen MR) is 103 cm³/mol. The molecule has 3 N–H and O–H groups in total. The Morgan fingerprint density at radius 3 is 2.56 bits per heavy atom. The number of aromatic amines is 1. The number of ether oxygens (including phenoxy) is 1. The first-order chi connectivity index (χ1) is 12.7. The molecule has 0 aliphatic heterocycles. The summed E-state index contributed by atoms with van der Waals surface area (Å²) in [6.07, 6.45) is 0. The molecule has 2 aromatic rings. The molecule has 0 unspecified atom stereocenters. The first-order valence-corrected chi connectivity index (χ1v) is 8.79. The van der Waals surface area contributed by atoms with E-state index in [0.29, 0.717) is 28.2 Å². The molecule has 1 heterocycles. The Hall–Kier alpha value is -3.09. The van der Waals surface area contributed by atoms with Crippen LogP contribution in [0.3, 0.4) is 0 Å². The number of benzene rings is 1. The van der Waals surface area contributed by atoms with E-state index in [0.717, 1.165) is 5.56 Å². The average molecular weight is 371 g/mol. The summed E-state index contributed by atoms with van der Waals surface area (Å²) >= 11 is 0. The summed E-state index contributed by atoms with van der Waals surface area (Å²) in [5.41, 5.74) is 3.39. The summed E-state index contributed by atoms with van der Waals surface area (Å²) < 4.78 is 5.05. The molecule has 144 valence electrons. The molecular formula is C20H25N3O4. The van der Waals surface area contributed by atoms with Crippen molar-refractivity contribution in [1.82, 2.24) is 10.3 Å². The highest BCUT2D eigenvalue weighted by molar-refractivity contribution is 6.00. The summed E-state index contributed by atoms with van der Waals surface area (Å²) in [7, 11) is 0. The number of carbonyl (C=O) groups excluding carboxylic acids is 3. The van der Waals surface area contributed by atoms with Gasteiger partial charge in [0.1, 0.15) is 5.69 Å². The molecule has 0 saturated heterocycles. The van der Waals surface area contributed by atoms with E-state index in [2.05, 4.69) is 15.6 Å². The molecule has 0 aliphatic rings. The van der Waals surface area contributed by atoms with E-state index in [-0.39, 0.29) is 24.5 Å². The van der Waals surface area contributed by atoms with Crippen LogP contribution in [0.25, 0.3) is 0 Å². The predicted octanol–water partition coefficient (Wildman–Crippen LogP) is 3.26. The third-order valence-corrected chi connectivity index (χ3v) is 4.20. The molecular weight excluding hydrogens is 346 g/mol. The second-order valence-corrected chi connectivity index (χ2v) is 6.35. The van der Waals surface area contributed by atoms with Gasteiger partial charge in [0.15, 0.2) is 0 Å². The van der Waals surface area contributed by atoms with Crippen LogP contribution in [0, 0.1) is 13.8 Å². The summed E-state index contributed by atoms with van der Waals surface area (Å²) in [6.45, 7) is 8.74. The molecule has 0 bridgehead atoms. The van der Waals surface area contributed by atoms with E-state index in [1.54, 1.807) is 26.8 Å². The molecule has 7 heteroatoms. The van der Waals surface area contributed by atoms with Crippen molar-refractivity contribution >= 4 is 23.5 Å². The number of aryl methyl sites for hydroxylation is 1. The molecule has 1 aromatic heterocycles. The Balaban J connectivity index is 2.19. The van der Waals surface area contributed by atoms with Crippen molar-refractivity contribution < 1.29 is 19.1 Å². The molecule has 0 spiro atoms. The number of rotatable bonds is 6. The molecule has 0 saturated carbocycles. The van der Waals surface area contributed by atoms with Gasteiger partial charge in [-0.1, -0.05) is 12.1 Å². The fourth-order valence-corrected chi connectivity index (χ4v) is 2.93. The first-order valence-electron chi connectivity index (χ1n) is 8.79. The van der Waals surface area contributed by atoms with Crippen molar-refractivity contribution in [2.45, 2.75) is 40.7 Å². The van der Waals surface area contributed by atoms with Gasteiger partial charge in [0.2, 0.25) is 5.91 Å². The molecule has 1 aromatic carbocycles. The minimum atomic E-state index is -0.446. The van der Waals surface area contributed by atoms with Crippen LogP contribution in [0.1, 0.15) is 64.5 Å². The number of nitrogens with one attached hydrogen (secondary N) is 3. The van der Waals surface area contributed by atoms with Crippen molar-refractivity contribution in [2.75, 3.05) is 11.9 Å². The van der Waals surface area contributed by atoms with Gasteiger partial charge in [-0.3, -0.25) is 9.59 Å². The lowest BCUT2D eigenvalue weighted by Crippen LogP contribution is -2.27. The second kappa shape index (κ2) is 8.53. The summed E-state index contributed by atoms with van der Waals surface area (Å²) in [5, 5.41) is 5.63. The maximum atomic E-state index is 12.7. The van der Waals surface area contributed by atoms with Gasteiger partial charge < -0.3 is 20.4 Å². The standard InChI is InChI=1S/C20H25N3O4/c1-6-27-20(26)17-11(2)18(21-13(17)4)19(25)22-12(3)15-8-7-9-16(10-15)23-14(5)24/h7-10,12,21H,6H2,1-5H3,(H,22,25)(H,23,24)/t12-/m1/s1. The van der Waals surface area contributed by atoms with Crippen LogP contribution in [0.4, 0.5) is 5.69 Å². The molecule has 1 atom stereocenters. The zero-order valence-corrected chi connectivity index (χ0v) is 16.2. The molecule has 2 amide bonds. The number of hydrogen-bond donors (Lipinski definition) is 3. The van der Waals surface area contributed by atoms with E-state index in [4.69, 9.17) is 4.74 Å². The molecule has 0 radical (unpaired) electrons. The zero-order chi connectivity index (χ0) is 20.1. The van der Waals surface area contributed by atoms with E-state index in [1.807, 2.05) is 25.1 Å². The third-order valence-electron chi connectivity index (χ3n) is 4.20. The lowest BCUT2D eigenvalue weighted by molar-refractivity contribution is -0.114. The number of aromatic nitrogens is 1. The second-order valence-electron chi connectivity index (χ2n) is 6.35. The SMILES string of the molecule is CCOC(=O)c1c(C)[nH]c(C(=O)N[C@H](C)c2cccc(NC(C)=O)c2)c1C. The summed E-state index contributed by atoms with van der Waals surface area (Å²) in [6, 6.07) is 6.98. The van der Waals surface area contributed by atoms with E-state index < -0.39 is 5.97 Å². The number of carbonyl (C=O) groups is 3. The topological polar surface area (TPSA) is 100 Å². The van der Waals surface area contributed by atoms with E-state index >= 15 is 0 Å². The maximum Gasteiger partial charge on any atom is 0.340 e. The van der Waals surface area contributed by atoms with Crippen LogP contribution in [-0.2, 0) is 9.53 Å². The Morgan fingerprint density at radius 1 is 1.22 bits per heavy atom. The van der Waals surface area contributed by atoms with Crippen LogP contribution in [0.15, 0.2) is 24.3 Å². The first kappa shape index (κ1) is 20.2. The number of anilines is 1. The van der Waals surface area contributed by atoms with Crippen LogP contribution < -0.4 is 10.6 Å². The number of hydrogen-bond acceptors (Lipinski definition) is 4. The van der Waals surface area contributed by atoms with Crippen LogP contribution in [0.2, 0.25) is 0 Å². The molecule has 0 aliphatic carbocycles. The Labute approximate surface area is 158 Å². The van der Waals surface area contributed by atoms with Crippen molar-refractivity contribution in [3.05, 3.63) is 52.3 Å². The fraction of sp³-hybridized carbons (Fsp3) is 0.350. The fourth-order valence-electron chi connectivity index (χ4n) is 2.93. The summed E-state index contributed by atoms with van der Waals surface area (Å²) in [4.78, 5) is 39.0. The number of H-pyrrole nitrogens is 1. The molecule has 2 rings (SSSR count). The van der Waals surface area contributed by atoms with Crippen molar-refractivity contribution in [2.24, 2.45) is 0 Å². The van der Waals surface area contributed by atoms with Gasteiger partial charge in [-0.05, 0) is 51.0 Å². The van der Waals surface area contributed by atoms with Crippen LogP contribution in [0.5, 0.6) is 0 Å². The van der Waals surface area contributed by atoms with Gasteiger partial charge in [0, 0.05) is 18.3 Å². The van der Waals surface area contributed by atoms with Gasteiger partial charge in [-0.15, -0.1) is 0 Å². The van der Waals surface area contributed by atoms with Crippen molar-refractivity contribution in [3.8, 4) is 0 Å². The van der Waals surface area contributed by atoms with Gasteiger partial charge in [-0.2, -0.15) is 0 Å². The maximum absolute atomic E-state index is 12.7. The minimum absolute atomic E-state index is 0.159. The monoisotopic (exact) mass is 371 g/mol. The van der Waals surface area contributed by atoms with E-state index in [9.17, 15) is 14.4 Å². The minimum Gasteiger partial charge on any atom is -0.462 e. The highest BCUT2D eigenvalue weighted by Crippen LogP contribution is 2.21. The average Bonchev–Trinajstić information content (AvgIpc) is 2.89. The molecule has 27 heavy (non-hydrogen) atoms. The Morgan fingerprint density at radius 2 is 1.93 bits per heavy atom. The highest BCUT2D eigenvalue weighted by atomic mass is 16.5. The normalized spacial score (nSPS) is 11.6. The van der Waals surface area contributed by atoms with E-state index in [1.165, 1.54) is 6.92 Å². The molecule has 7 nitrogen and oxygen atoms in total. The quantitative estimate of drug-likeness (QED) is 0.679. The van der Waals surface area contributed by atoms with Crippen molar-refractivity contribution in [3.63, 3.8) is 0 Å². The summed E-state index contributed by atoms with van der Waals surface area (Å²) in [5.74, 6) is -0.921. The number of amides is 2. The van der Waals surface area contributed by atoms with Gasteiger partial charge in [0.05, 0.1) is 18.2 Å². The Kier molecular flexibility index (Phi) is 6.39. The van der Waals surface area contributed by atoms with Gasteiger partial charge in [-0.25, -0.2) is 4.79 Å². The molecule has 0 fully saturated rings. The van der Waals surface area contributed by atoms with Gasteiger partial charge in [0.25, 0.3) is 5.91 Å². The lowest BCUT2D eigenvalue weighted by atomic mass is 10.1. The number of esters is 1. The van der Waals surface area contributed by atoms with Crippen molar-refractivity contribution in [1.29, 1.82) is 0 Å². The van der Waals surface area contributed by atoms with Gasteiger partial charge >= 0.3 is 5.97 Å². The lowest BCUT2D eigenvalue weighted by Gasteiger charge is -2.15. The smallest absolute Gasteiger partial charge is 0.340 e. The Bertz CT molecular complexity index is 870. The third kappa shape index (κ3) is 4.75. The van der Waals surface area contributed by atoms with Crippen LogP contribution in [-0.4, -0.2) is 29.4 Å².